The van der Waals surface area contributed by atoms with Crippen molar-refractivity contribution in [2.24, 2.45) is 0 Å². The van der Waals surface area contributed by atoms with Crippen LogP contribution in [0.15, 0.2) is 58.3 Å². The number of halogens is 1. The van der Waals surface area contributed by atoms with Crippen molar-refractivity contribution in [3.05, 3.63) is 71.4 Å². The average molecular weight is 381 g/mol. The van der Waals surface area contributed by atoms with Crippen LogP contribution in [-0.4, -0.2) is 25.2 Å². The maximum atomic E-state index is 13.4. The molecule has 0 spiro atoms. The second-order valence-electron chi connectivity index (χ2n) is 6.08. The molecule has 27 heavy (non-hydrogen) atoms. The first-order valence-electron chi connectivity index (χ1n) is 8.29. The van der Waals surface area contributed by atoms with E-state index in [9.17, 15) is 4.39 Å². The Morgan fingerprint density at radius 1 is 1.11 bits per heavy atom. The smallest absolute Gasteiger partial charge is 0.226 e. The Morgan fingerprint density at radius 2 is 2.00 bits per heavy atom. The molecule has 4 aromatic rings. The van der Waals surface area contributed by atoms with Crippen LogP contribution < -0.4 is 0 Å². The molecular formula is C19H16FN5OS. The van der Waals surface area contributed by atoms with Crippen molar-refractivity contribution in [1.82, 2.24) is 25.2 Å². The SMILES string of the molecule is Cc1ccc(-n2nnnc2SCc2coc(-c3cccc(F)c3)n2)cc1C. The number of oxazole rings is 1. The van der Waals surface area contributed by atoms with Gasteiger partial charge in [-0.25, -0.2) is 9.37 Å². The van der Waals surface area contributed by atoms with Gasteiger partial charge in [-0.3, -0.25) is 0 Å². The van der Waals surface area contributed by atoms with Crippen LogP contribution in [0.2, 0.25) is 0 Å². The average Bonchev–Trinajstić information content (AvgIpc) is 3.31. The standard InChI is InChI=1S/C19H16FN5OS/c1-12-6-7-17(8-13(12)2)25-19(22-23-24-25)27-11-16-10-26-18(21-16)14-4-3-5-15(20)9-14/h3-10H,11H2,1-2H3. The summed E-state index contributed by atoms with van der Waals surface area (Å²) in [4.78, 5) is 4.42. The van der Waals surface area contributed by atoms with Crippen molar-refractivity contribution in [1.29, 1.82) is 0 Å². The lowest BCUT2D eigenvalue weighted by molar-refractivity contribution is 0.571. The van der Waals surface area contributed by atoms with Gasteiger partial charge in [0.15, 0.2) is 0 Å². The molecule has 0 unspecified atom stereocenters. The lowest BCUT2D eigenvalue weighted by Crippen LogP contribution is -2.00. The molecule has 0 amide bonds. The first-order chi connectivity index (χ1) is 13.1. The molecule has 136 valence electrons. The zero-order valence-electron chi connectivity index (χ0n) is 14.8. The van der Waals surface area contributed by atoms with E-state index in [0.717, 1.165) is 11.4 Å². The third-order valence-corrected chi connectivity index (χ3v) is 5.10. The molecule has 0 aliphatic heterocycles. The van der Waals surface area contributed by atoms with Crippen LogP contribution in [0.1, 0.15) is 16.8 Å². The van der Waals surface area contributed by atoms with Crippen molar-refractivity contribution in [3.63, 3.8) is 0 Å². The monoisotopic (exact) mass is 381 g/mol. The van der Waals surface area contributed by atoms with Crippen LogP contribution in [-0.2, 0) is 5.75 Å². The molecule has 0 N–H and O–H groups in total. The molecule has 0 aliphatic rings. The van der Waals surface area contributed by atoms with Gasteiger partial charge in [-0.1, -0.05) is 23.9 Å². The normalized spacial score (nSPS) is 11.1. The van der Waals surface area contributed by atoms with E-state index in [1.807, 2.05) is 18.2 Å². The Bertz CT molecular complexity index is 1090. The molecule has 0 saturated carbocycles. The lowest BCUT2D eigenvalue weighted by Gasteiger charge is -2.06. The van der Waals surface area contributed by atoms with Crippen molar-refractivity contribution >= 4 is 11.8 Å². The predicted octanol–water partition coefficient (Wildman–Crippen LogP) is 4.37. The number of hydrogen-bond donors (Lipinski definition) is 0. The van der Waals surface area contributed by atoms with Gasteiger partial charge in [0.2, 0.25) is 11.0 Å². The highest BCUT2D eigenvalue weighted by molar-refractivity contribution is 7.98. The summed E-state index contributed by atoms with van der Waals surface area (Å²) >= 11 is 1.45. The summed E-state index contributed by atoms with van der Waals surface area (Å²) in [6.07, 6.45) is 1.57. The highest BCUT2D eigenvalue weighted by Gasteiger charge is 2.13. The van der Waals surface area contributed by atoms with Crippen LogP contribution in [0, 0.1) is 19.7 Å². The molecule has 0 bridgehead atoms. The molecule has 2 aromatic heterocycles. The van der Waals surface area contributed by atoms with Gasteiger partial charge in [0.1, 0.15) is 12.1 Å². The van der Waals surface area contributed by atoms with E-state index >= 15 is 0 Å². The molecule has 0 radical (unpaired) electrons. The quantitative estimate of drug-likeness (QED) is 0.478. The third kappa shape index (κ3) is 3.75. The number of rotatable bonds is 5. The van der Waals surface area contributed by atoms with E-state index in [1.54, 1.807) is 23.1 Å². The number of thioether (sulfide) groups is 1. The summed E-state index contributed by atoms with van der Waals surface area (Å²) in [6, 6.07) is 12.2. The first kappa shape index (κ1) is 17.4. The van der Waals surface area contributed by atoms with E-state index in [4.69, 9.17) is 4.42 Å². The Hall–Kier alpha value is -3.00. The predicted molar refractivity (Wildman–Crippen MR) is 100 cm³/mol. The second kappa shape index (κ2) is 7.32. The maximum absolute atomic E-state index is 13.4. The molecule has 2 heterocycles. The van der Waals surface area contributed by atoms with E-state index in [1.165, 1.54) is 35.0 Å². The van der Waals surface area contributed by atoms with Gasteiger partial charge in [-0.15, -0.1) is 5.10 Å². The highest BCUT2D eigenvalue weighted by Crippen LogP contribution is 2.25. The zero-order valence-corrected chi connectivity index (χ0v) is 15.6. The van der Waals surface area contributed by atoms with Crippen molar-refractivity contribution in [2.45, 2.75) is 24.8 Å². The Balaban J connectivity index is 1.50. The van der Waals surface area contributed by atoms with Crippen LogP contribution in [0.5, 0.6) is 0 Å². The summed E-state index contributed by atoms with van der Waals surface area (Å²) in [5.41, 5.74) is 4.63. The highest BCUT2D eigenvalue weighted by atomic mass is 32.2. The fourth-order valence-electron chi connectivity index (χ4n) is 2.55. The van der Waals surface area contributed by atoms with Gasteiger partial charge < -0.3 is 4.42 Å². The molecule has 4 rings (SSSR count). The minimum atomic E-state index is -0.325. The van der Waals surface area contributed by atoms with E-state index < -0.39 is 0 Å². The van der Waals surface area contributed by atoms with E-state index in [2.05, 4.69) is 34.4 Å². The molecule has 0 aliphatic carbocycles. The summed E-state index contributed by atoms with van der Waals surface area (Å²) in [7, 11) is 0. The van der Waals surface area contributed by atoms with Gasteiger partial charge in [0, 0.05) is 11.3 Å². The molecule has 0 atom stereocenters. The first-order valence-corrected chi connectivity index (χ1v) is 9.28. The summed E-state index contributed by atoms with van der Waals surface area (Å²) < 4.78 is 20.5. The van der Waals surface area contributed by atoms with Crippen molar-refractivity contribution < 1.29 is 8.81 Å². The summed E-state index contributed by atoms with van der Waals surface area (Å²) in [6.45, 7) is 4.12. The number of benzene rings is 2. The Labute approximate surface area is 159 Å². The number of aryl methyl sites for hydroxylation is 2. The van der Waals surface area contributed by atoms with Crippen LogP contribution >= 0.6 is 11.8 Å². The van der Waals surface area contributed by atoms with Gasteiger partial charge >= 0.3 is 0 Å². The molecule has 0 fully saturated rings. The van der Waals surface area contributed by atoms with Crippen molar-refractivity contribution in [2.75, 3.05) is 0 Å². The number of aromatic nitrogens is 5. The molecular weight excluding hydrogens is 365 g/mol. The van der Waals surface area contributed by atoms with Crippen molar-refractivity contribution in [3.8, 4) is 17.1 Å². The molecule has 6 nitrogen and oxygen atoms in total. The topological polar surface area (TPSA) is 69.6 Å². The maximum Gasteiger partial charge on any atom is 0.226 e. The number of tetrazole rings is 1. The molecule has 8 heteroatoms. The van der Waals surface area contributed by atoms with E-state index in [0.29, 0.717) is 22.4 Å². The lowest BCUT2D eigenvalue weighted by atomic mass is 10.1. The third-order valence-electron chi connectivity index (χ3n) is 4.15. The van der Waals surface area contributed by atoms with Crippen LogP contribution in [0.25, 0.3) is 17.1 Å². The van der Waals surface area contributed by atoms with Crippen LogP contribution in [0.4, 0.5) is 4.39 Å². The molecule has 2 aromatic carbocycles. The fraction of sp³-hybridized carbons (Fsp3) is 0.158. The van der Waals surface area contributed by atoms with Gasteiger partial charge in [-0.2, -0.15) is 4.68 Å². The van der Waals surface area contributed by atoms with Crippen LogP contribution in [0.3, 0.4) is 0 Å². The molecule has 0 saturated heterocycles. The largest absolute Gasteiger partial charge is 0.444 e. The minimum absolute atomic E-state index is 0.325. The summed E-state index contributed by atoms with van der Waals surface area (Å²) in [5.74, 6) is 0.595. The number of nitrogens with zero attached hydrogens (tertiary/aromatic N) is 5. The van der Waals surface area contributed by atoms with E-state index in [-0.39, 0.29) is 5.82 Å². The zero-order chi connectivity index (χ0) is 18.8. The minimum Gasteiger partial charge on any atom is -0.444 e. The van der Waals surface area contributed by atoms with Gasteiger partial charge in [0.05, 0.1) is 11.4 Å². The number of hydrogen-bond acceptors (Lipinski definition) is 6. The summed E-state index contributed by atoms with van der Waals surface area (Å²) in [5, 5.41) is 12.6. The second-order valence-corrected chi connectivity index (χ2v) is 7.03. The Kier molecular flexibility index (Phi) is 4.72. The fourth-order valence-corrected chi connectivity index (χ4v) is 3.32. The van der Waals surface area contributed by atoms with Gasteiger partial charge in [0.25, 0.3) is 0 Å². The Morgan fingerprint density at radius 3 is 2.81 bits per heavy atom. The van der Waals surface area contributed by atoms with Gasteiger partial charge in [-0.05, 0) is 65.7 Å².